The summed E-state index contributed by atoms with van der Waals surface area (Å²) in [5.74, 6) is 0. The Balaban J connectivity index is 0.000000810. The first kappa shape index (κ1) is 9.98. The zero-order chi connectivity index (χ0) is 6.69. The van der Waals surface area contributed by atoms with Gasteiger partial charge in [0, 0.05) is 17.0 Å². The number of hydrogen-bond acceptors (Lipinski definition) is 1. The third-order valence-corrected chi connectivity index (χ3v) is 1.93. The summed E-state index contributed by atoms with van der Waals surface area (Å²) in [7, 11) is 2.02. The van der Waals surface area contributed by atoms with Crippen molar-refractivity contribution in [1.29, 1.82) is 0 Å². The SMILES string of the molecule is CSc1cc[n+](C)cc1.[Br-]. The molecule has 3 heteroatoms. The van der Waals surface area contributed by atoms with Gasteiger partial charge in [0.25, 0.3) is 0 Å². The quantitative estimate of drug-likeness (QED) is 0.400. The van der Waals surface area contributed by atoms with Crippen LogP contribution >= 0.6 is 11.8 Å². The van der Waals surface area contributed by atoms with Gasteiger partial charge in [-0.25, -0.2) is 4.57 Å². The second-order valence-electron chi connectivity index (χ2n) is 1.90. The van der Waals surface area contributed by atoms with E-state index in [9.17, 15) is 0 Å². The van der Waals surface area contributed by atoms with Crippen LogP contribution < -0.4 is 21.5 Å². The first-order valence-corrected chi connectivity index (χ1v) is 4.04. The van der Waals surface area contributed by atoms with E-state index in [1.54, 1.807) is 11.8 Å². The van der Waals surface area contributed by atoms with Crippen molar-refractivity contribution in [3.63, 3.8) is 0 Å². The van der Waals surface area contributed by atoms with E-state index < -0.39 is 0 Å². The minimum Gasteiger partial charge on any atom is -1.00 e. The molecule has 0 bridgehead atoms. The van der Waals surface area contributed by atoms with Gasteiger partial charge < -0.3 is 17.0 Å². The molecule has 0 aromatic carbocycles. The van der Waals surface area contributed by atoms with Crippen molar-refractivity contribution < 1.29 is 21.5 Å². The number of thioether (sulfide) groups is 1. The highest BCUT2D eigenvalue weighted by molar-refractivity contribution is 7.98. The molecule has 0 saturated carbocycles. The fourth-order valence-corrected chi connectivity index (χ4v) is 1.02. The number of nitrogens with zero attached hydrogens (tertiary/aromatic N) is 1. The number of hydrogen-bond donors (Lipinski definition) is 0. The fourth-order valence-electron chi connectivity index (χ4n) is 0.623. The third kappa shape index (κ3) is 2.71. The van der Waals surface area contributed by atoms with Crippen LogP contribution in [0.1, 0.15) is 0 Å². The molecule has 1 aromatic heterocycles. The molecule has 0 aliphatic rings. The van der Waals surface area contributed by atoms with Gasteiger partial charge in [-0.1, -0.05) is 0 Å². The van der Waals surface area contributed by atoms with Gasteiger partial charge in [0.2, 0.25) is 0 Å². The van der Waals surface area contributed by atoms with Crippen LogP contribution in [0.4, 0.5) is 0 Å². The summed E-state index contributed by atoms with van der Waals surface area (Å²) in [6.07, 6.45) is 6.17. The van der Waals surface area contributed by atoms with Crippen LogP contribution in [0.15, 0.2) is 29.4 Å². The summed E-state index contributed by atoms with van der Waals surface area (Å²) >= 11 is 1.76. The van der Waals surface area contributed by atoms with Crippen LogP contribution in [-0.4, -0.2) is 6.26 Å². The monoisotopic (exact) mass is 219 g/mol. The molecule has 0 aliphatic carbocycles. The molecule has 0 atom stereocenters. The van der Waals surface area contributed by atoms with Gasteiger partial charge in [-0.2, -0.15) is 0 Å². The molecule has 1 heterocycles. The molecule has 1 aromatic rings. The molecule has 0 N–H and O–H groups in total. The summed E-state index contributed by atoms with van der Waals surface area (Å²) < 4.78 is 2.03. The van der Waals surface area contributed by atoms with E-state index in [0.717, 1.165) is 0 Å². The highest BCUT2D eigenvalue weighted by Gasteiger charge is 1.90. The molecule has 10 heavy (non-hydrogen) atoms. The smallest absolute Gasteiger partial charge is 0.169 e. The Labute approximate surface area is 76.2 Å². The van der Waals surface area contributed by atoms with Crippen LogP contribution in [0.5, 0.6) is 0 Å². The predicted octanol–water partition coefficient (Wildman–Crippen LogP) is -1.76. The largest absolute Gasteiger partial charge is 1.00 e. The van der Waals surface area contributed by atoms with Gasteiger partial charge in [-0.05, 0) is 6.26 Å². The van der Waals surface area contributed by atoms with Crippen molar-refractivity contribution in [2.45, 2.75) is 4.90 Å². The van der Waals surface area contributed by atoms with Crippen LogP contribution in [0.25, 0.3) is 0 Å². The molecule has 0 unspecified atom stereocenters. The number of rotatable bonds is 1. The average molecular weight is 220 g/mol. The maximum absolute atomic E-state index is 2.10. The van der Waals surface area contributed by atoms with Crippen molar-refractivity contribution >= 4 is 11.8 Å². The predicted molar refractivity (Wildman–Crippen MR) is 39.4 cm³/mol. The second-order valence-corrected chi connectivity index (χ2v) is 2.78. The van der Waals surface area contributed by atoms with Gasteiger partial charge >= 0.3 is 0 Å². The minimum absolute atomic E-state index is 0. The zero-order valence-electron chi connectivity index (χ0n) is 6.04. The molecule has 1 nitrogen and oxygen atoms in total. The normalized spacial score (nSPS) is 8.60. The molecule has 0 fully saturated rings. The second kappa shape index (κ2) is 4.74. The van der Waals surface area contributed by atoms with E-state index in [1.165, 1.54) is 4.90 Å². The van der Waals surface area contributed by atoms with E-state index in [0.29, 0.717) is 0 Å². The van der Waals surface area contributed by atoms with E-state index in [-0.39, 0.29) is 17.0 Å². The Bertz CT molecular complexity index is 185. The summed E-state index contributed by atoms with van der Waals surface area (Å²) in [6.45, 7) is 0. The summed E-state index contributed by atoms with van der Waals surface area (Å²) in [5, 5.41) is 0. The maximum atomic E-state index is 2.10. The van der Waals surface area contributed by atoms with Gasteiger partial charge in [0.15, 0.2) is 12.4 Å². The molecule has 0 amide bonds. The first-order chi connectivity index (χ1) is 4.33. The van der Waals surface area contributed by atoms with Gasteiger partial charge in [-0.15, -0.1) is 11.8 Å². The Morgan fingerprint density at radius 3 is 2.20 bits per heavy atom. The number of halogens is 1. The van der Waals surface area contributed by atoms with Crippen molar-refractivity contribution in [3.8, 4) is 0 Å². The molecule has 0 saturated heterocycles. The standard InChI is InChI=1S/C7H10NS.BrH/c1-8-5-3-7(9-2)4-6-8;/h3-6H,1-2H3;1H/q+1;/p-1. The molecule has 0 aliphatic heterocycles. The van der Waals surface area contributed by atoms with Gasteiger partial charge in [0.05, 0.1) is 0 Å². The van der Waals surface area contributed by atoms with E-state index in [4.69, 9.17) is 0 Å². The Kier molecular flexibility index (Phi) is 4.73. The summed E-state index contributed by atoms with van der Waals surface area (Å²) in [4.78, 5) is 1.31. The van der Waals surface area contributed by atoms with Crippen molar-refractivity contribution in [2.24, 2.45) is 7.05 Å². The number of aryl methyl sites for hydroxylation is 1. The van der Waals surface area contributed by atoms with Crippen LogP contribution in [0.2, 0.25) is 0 Å². The van der Waals surface area contributed by atoms with Gasteiger partial charge in [-0.3, -0.25) is 0 Å². The molecule has 1 rings (SSSR count). The Hall–Kier alpha value is -0.0200. The lowest BCUT2D eigenvalue weighted by Crippen LogP contribution is -3.00. The summed E-state index contributed by atoms with van der Waals surface area (Å²) in [6, 6.07) is 4.20. The first-order valence-electron chi connectivity index (χ1n) is 2.82. The maximum Gasteiger partial charge on any atom is 0.169 e. The van der Waals surface area contributed by atoms with Crippen LogP contribution in [0.3, 0.4) is 0 Å². The molecule has 0 spiro atoms. The van der Waals surface area contributed by atoms with Crippen molar-refractivity contribution in [3.05, 3.63) is 24.5 Å². The summed E-state index contributed by atoms with van der Waals surface area (Å²) in [5.41, 5.74) is 0. The molecule has 56 valence electrons. The Morgan fingerprint density at radius 2 is 1.80 bits per heavy atom. The zero-order valence-corrected chi connectivity index (χ0v) is 8.45. The van der Waals surface area contributed by atoms with E-state index in [1.807, 2.05) is 24.0 Å². The van der Waals surface area contributed by atoms with E-state index >= 15 is 0 Å². The molecule has 0 radical (unpaired) electrons. The fraction of sp³-hybridized carbons (Fsp3) is 0.286. The van der Waals surface area contributed by atoms with Crippen LogP contribution in [0, 0.1) is 0 Å². The lowest BCUT2D eigenvalue weighted by atomic mass is 10.5. The highest BCUT2D eigenvalue weighted by atomic mass is 79.9. The number of aromatic nitrogens is 1. The lowest BCUT2D eigenvalue weighted by Gasteiger charge is -1.89. The van der Waals surface area contributed by atoms with E-state index in [2.05, 4.69) is 18.4 Å². The minimum atomic E-state index is 0. The van der Waals surface area contributed by atoms with Crippen LogP contribution in [-0.2, 0) is 7.05 Å². The Morgan fingerprint density at radius 1 is 1.30 bits per heavy atom. The lowest BCUT2D eigenvalue weighted by molar-refractivity contribution is -0.671. The van der Waals surface area contributed by atoms with Crippen molar-refractivity contribution in [1.82, 2.24) is 0 Å². The van der Waals surface area contributed by atoms with Gasteiger partial charge in [0.1, 0.15) is 7.05 Å². The average Bonchev–Trinajstić information content (AvgIpc) is 1.90. The third-order valence-electron chi connectivity index (χ3n) is 1.18. The number of pyridine rings is 1. The molecular formula is C7H10BrNS. The molecular weight excluding hydrogens is 210 g/mol. The van der Waals surface area contributed by atoms with Crippen molar-refractivity contribution in [2.75, 3.05) is 6.26 Å². The highest BCUT2D eigenvalue weighted by Crippen LogP contribution is 2.09. The topological polar surface area (TPSA) is 3.88 Å².